The lowest BCUT2D eigenvalue weighted by molar-refractivity contribution is -0.128. The predicted molar refractivity (Wildman–Crippen MR) is 146 cm³/mol. The molecule has 6 nitrogen and oxygen atoms in total. The highest BCUT2D eigenvalue weighted by molar-refractivity contribution is 6.06. The molecule has 3 aromatic carbocycles. The van der Waals surface area contributed by atoms with E-state index >= 15 is 0 Å². The van der Waals surface area contributed by atoms with Crippen LogP contribution in [0.4, 0.5) is 10.1 Å². The summed E-state index contributed by atoms with van der Waals surface area (Å²) in [5.41, 5.74) is 4.02. The molecule has 2 aliphatic rings. The summed E-state index contributed by atoms with van der Waals surface area (Å²) < 4.78 is 19.4. The summed E-state index contributed by atoms with van der Waals surface area (Å²) in [6.45, 7) is 0. The minimum absolute atomic E-state index is 0.0225. The van der Waals surface area contributed by atoms with Gasteiger partial charge < -0.3 is 19.9 Å². The highest BCUT2D eigenvalue weighted by Gasteiger charge is 2.62. The summed E-state index contributed by atoms with van der Waals surface area (Å²) in [6.07, 6.45) is 5.21. The van der Waals surface area contributed by atoms with Crippen LogP contribution in [0.25, 0.3) is 17.0 Å². The number of benzene rings is 3. The van der Waals surface area contributed by atoms with Gasteiger partial charge in [-0.2, -0.15) is 0 Å². The lowest BCUT2D eigenvalue weighted by Gasteiger charge is -2.26. The minimum Gasteiger partial charge on any atom is -0.497 e. The maximum Gasteiger partial charge on any atom is 0.253 e. The number of carbonyl (C=O) groups is 2. The Labute approximate surface area is 220 Å². The Morgan fingerprint density at radius 3 is 2.71 bits per heavy atom. The molecule has 2 N–H and O–H groups in total. The van der Waals surface area contributed by atoms with Crippen molar-refractivity contribution in [2.75, 3.05) is 19.1 Å². The molecular formula is C31H28FN3O3. The highest BCUT2D eigenvalue weighted by atomic mass is 19.1. The molecule has 1 aliphatic heterocycles. The molecule has 0 radical (unpaired) electrons. The van der Waals surface area contributed by atoms with Crippen LogP contribution in [0, 0.1) is 5.82 Å². The number of aromatic amines is 1. The van der Waals surface area contributed by atoms with E-state index < -0.39 is 5.54 Å². The molecule has 0 saturated heterocycles. The summed E-state index contributed by atoms with van der Waals surface area (Å²) in [5, 5.41) is 3.78. The van der Waals surface area contributed by atoms with Gasteiger partial charge in [-0.05, 0) is 78.1 Å². The number of methoxy groups -OCH3 is 1. The summed E-state index contributed by atoms with van der Waals surface area (Å²) in [5.74, 6) is -0.269. The first-order chi connectivity index (χ1) is 18.4. The van der Waals surface area contributed by atoms with Crippen molar-refractivity contribution in [3.05, 3.63) is 101 Å². The largest absolute Gasteiger partial charge is 0.497 e. The summed E-state index contributed by atoms with van der Waals surface area (Å²) in [7, 11) is 3.32. The number of ether oxygens (including phenoxy) is 1. The molecule has 2 atom stereocenters. The molecule has 2 heterocycles. The van der Waals surface area contributed by atoms with Gasteiger partial charge in [0.1, 0.15) is 17.1 Å². The number of amides is 2. The Bertz CT molecular complexity index is 1590. The van der Waals surface area contributed by atoms with Crippen LogP contribution in [0.5, 0.6) is 5.75 Å². The number of allylic oxidation sites excluding steroid dienone is 1. The van der Waals surface area contributed by atoms with Crippen molar-refractivity contribution >= 4 is 34.5 Å². The molecule has 4 aromatic rings. The van der Waals surface area contributed by atoms with Crippen LogP contribution in [0.1, 0.15) is 34.7 Å². The standard InChI is InChI=1S/C31H28FN3O3/c1-35(22-10-12-23(38-2)13-11-22)30(37)31-18-26(31)20-7-3-5-19(15-20)6-4-8-27-25(17-29(36)34-31)24-16-21(32)9-14-28(24)33-27/h3-5,7-16,26,33H,6,17-18H2,1-2H3,(H,34,36)/b8-4-/t26?,31-/m0/s1. The van der Waals surface area contributed by atoms with Gasteiger partial charge in [0.15, 0.2) is 0 Å². The Balaban J connectivity index is 1.40. The van der Waals surface area contributed by atoms with E-state index in [1.54, 1.807) is 37.3 Å². The lowest BCUT2D eigenvalue weighted by Crippen LogP contribution is -2.51. The topological polar surface area (TPSA) is 74.4 Å². The van der Waals surface area contributed by atoms with Crippen molar-refractivity contribution < 1.29 is 18.7 Å². The third kappa shape index (κ3) is 4.14. The minimum atomic E-state index is -1.07. The zero-order valence-electron chi connectivity index (χ0n) is 21.3. The van der Waals surface area contributed by atoms with E-state index in [1.165, 1.54) is 12.1 Å². The number of rotatable bonds is 3. The summed E-state index contributed by atoms with van der Waals surface area (Å²) in [6, 6.07) is 20.0. The van der Waals surface area contributed by atoms with E-state index in [4.69, 9.17) is 4.74 Å². The average Bonchev–Trinajstić information content (AvgIpc) is 3.56. The van der Waals surface area contributed by atoms with Crippen LogP contribution in [-0.4, -0.2) is 36.5 Å². The van der Waals surface area contributed by atoms with Gasteiger partial charge in [-0.1, -0.05) is 30.3 Å². The van der Waals surface area contributed by atoms with Crippen LogP contribution < -0.4 is 15.0 Å². The number of nitrogens with one attached hydrogen (secondary N) is 2. The summed E-state index contributed by atoms with van der Waals surface area (Å²) >= 11 is 0. The van der Waals surface area contributed by atoms with Crippen LogP contribution >= 0.6 is 0 Å². The zero-order valence-corrected chi connectivity index (χ0v) is 21.3. The van der Waals surface area contributed by atoms with Gasteiger partial charge in [0.25, 0.3) is 5.91 Å². The van der Waals surface area contributed by atoms with E-state index in [2.05, 4.69) is 22.4 Å². The number of halogens is 1. The quantitative estimate of drug-likeness (QED) is 0.402. The number of likely N-dealkylation sites (N-methyl/N-ethyl adjacent to an activating group) is 1. The summed E-state index contributed by atoms with van der Waals surface area (Å²) in [4.78, 5) is 32.5. The van der Waals surface area contributed by atoms with E-state index in [0.29, 0.717) is 35.2 Å². The first kappa shape index (κ1) is 24.0. The third-order valence-corrected chi connectivity index (χ3v) is 7.70. The van der Waals surface area contributed by atoms with Gasteiger partial charge in [0.05, 0.1) is 13.5 Å². The molecule has 1 unspecified atom stereocenters. The smallest absolute Gasteiger partial charge is 0.253 e. The highest BCUT2D eigenvalue weighted by Crippen LogP contribution is 2.53. The monoisotopic (exact) mass is 509 g/mol. The fourth-order valence-electron chi connectivity index (χ4n) is 5.59. The predicted octanol–water partition coefficient (Wildman–Crippen LogP) is 5.13. The normalized spacial score (nSPS) is 21.1. The molecular weight excluding hydrogens is 481 g/mol. The number of H-pyrrole nitrogens is 1. The van der Waals surface area contributed by atoms with E-state index in [-0.39, 0.29) is 30.0 Å². The van der Waals surface area contributed by atoms with Gasteiger partial charge >= 0.3 is 0 Å². The van der Waals surface area contributed by atoms with Crippen LogP contribution in [-0.2, 0) is 22.4 Å². The second kappa shape index (κ2) is 9.17. The maximum absolute atomic E-state index is 14.1. The number of hydrogen-bond donors (Lipinski definition) is 2. The van der Waals surface area contributed by atoms with Crippen molar-refractivity contribution in [3.8, 4) is 5.75 Å². The molecule has 2 amide bonds. The Morgan fingerprint density at radius 2 is 1.92 bits per heavy atom. The molecule has 6 rings (SSSR count). The second-order valence-electron chi connectivity index (χ2n) is 10.1. The molecule has 1 saturated carbocycles. The number of fused-ring (bicyclic) bond motifs is 7. The van der Waals surface area contributed by atoms with Crippen molar-refractivity contribution in [3.63, 3.8) is 0 Å². The second-order valence-corrected chi connectivity index (χ2v) is 10.1. The average molecular weight is 510 g/mol. The first-order valence-corrected chi connectivity index (χ1v) is 12.7. The van der Waals surface area contributed by atoms with Crippen molar-refractivity contribution in [1.29, 1.82) is 0 Å². The van der Waals surface area contributed by atoms with Gasteiger partial charge in [0.2, 0.25) is 5.91 Å². The molecule has 1 aliphatic carbocycles. The lowest BCUT2D eigenvalue weighted by atomic mass is 10.0. The fraction of sp³-hybridized carbons (Fsp3) is 0.226. The first-order valence-electron chi connectivity index (χ1n) is 12.7. The van der Waals surface area contributed by atoms with Gasteiger partial charge in [-0.3, -0.25) is 9.59 Å². The molecule has 2 bridgehead atoms. The molecule has 0 spiro atoms. The van der Waals surface area contributed by atoms with Gasteiger partial charge in [0, 0.05) is 35.2 Å². The molecule has 38 heavy (non-hydrogen) atoms. The van der Waals surface area contributed by atoms with E-state index in [1.807, 2.05) is 36.4 Å². The van der Waals surface area contributed by atoms with Gasteiger partial charge in [-0.15, -0.1) is 0 Å². The van der Waals surface area contributed by atoms with Crippen LogP contribution in [0.15, 0.2) is 72.8 Å². The fourth-order valence-corrected chi connectivity index (χ4v) is 5.59. The third-order valence-electron chi connectivity index (χ3n) is 7.70. The zero-order chi connectivity index (χ0) is 26.4. The molecule has 192 valence electrons. The number of hydrogen-bond acceptors (Lipinski definition) is 3. The number of carbonyl (C=O) groups excluding carboxylic acids is 2. The Kier molecular flexibility index (Phi) is 5.79. The number of anilines is 1. The van der Waals surface area contributed by atoms with Crippen molar-refractivity contribution in [2.45, 2.75) is 30.7 Å². The van der Waals surface area contributed by atoms with Gasteiger partial charge in [-0.25, -0.2) is 4.39 Å². The molecule has 7 heteroatoms. The van der Waals surface area contributed by atoms with Crippen molar-refractivity contribution in [1.82, 2.24) is 10.3 Å². The van der Waals surface area contributed by atoms with E-state index in [0.717, 1.165) is 22.3 Å². The Morgan fingerprint density at radius 1 is 1.11 bits per heavy atom. The van der Waals surface area contributed by atoms with Crippen molar-refractivity contribution in [2.24, 2.45) is 0 Å². The van der Waals surface area contributed by atoms with Crippen LogP contribution in [0.2, 0.25) is 0 Å². The van der Waals surface area contributed by atoms with E-state index in [9.17, 15) is 14.0 Å². The number of aromatic nitrogens is 1. The number of nitrogens with zero attached hydrogens (tertiary/aromatic N) is 1. The maximum atomic E-state index is 14.1. The van der Waals surface area contributed by atoms with Crippen LogP contribution in [0.3, 0.4) is 0 Å². The Hall–Kier alpha value is -4.39. The molecule has 1 fully saturated rings. The SMILES string of the molecule is COc1ccc(N(C)C(=O)[C@]23CC2c2cccc(c2)C/C=C\c2[nH]c4ccc(F)cc4c2CC(=O)N3)cc1. The molecule has 1 aromatic heterocycles.